The standard InChI is InChI=1S/C53H80N6O35/c60-10-19-5-22(83-13-20-8-58(56-54-20)1-3-81-48-42(75)38(71)32(65)26(91-48)15-87-52-46(79)40(73)34(67)28(93-52)17-85-50-44(77)36(69)30(63)24(11-61)89-50)7-23(6-19)84-14-21-9-59(57-55-21)2-4-82-49-43(76)39(72)33(66)27(92-49)16-88-53-47(80)41(74)35(68)29(94-53)18-86-51-45(78)37(70)31(64)25(12-62)90-51/h5-10,24-53,61-80H,1-4,11-18H2/t24-,25-,26-,27-,28-,29-,30-,31-,32-,33-,34-,35-,36+,37+,38+,39+,40+,41+,42-,43-,44-,45-,46-,47-,48+,49+,50-,51-,52-,53-/m1/s1. The molecule has 20 N–H and O–H groups in total. The van der Waals surface area contributed by atoms with Crippen LogP contribution in [0, 0.1) is 0 Å². The van der Waals surface area contributed by atoms with Crippen LogP contribution in [0.2, 0.25) is 0 Å². The van der Waals surface area contributed by atoms with Crippen LogP contribution in [-0.2, 0) is 83.1 Å². The minimum atomic E-state index is -1.89. The minimum Gasteiger partial charge on any atom is -0.487 e. The van der Waals surface area contributed by atoms with Gasteiger partial charge < -0.3 is 168 Å². The predicted molar refractivity (Wildman–Crippen MR) is 291 cm³/mol. The van der Waals surface area contributed by atoms with Gasteiger partial charge in [0.1, 0.15) is 189 Å². The third-order valence-electron chi connectivity index (χ3n) is 16.3. The summed E-state index contributed by atoms with van der Waals surface area (Å²) in [6.07, 6.45) is -47.1. The molecule has 0 bridgehead atoms. The lowest BCUT2D eigenvalue weighted by atomic mass is 9.98. The Balaban J connectivity index is 0.687. The molecule has 41 heteroatoms. The summed E-state index contributed by atoms with van der Waals surface area (Å²) in [6.45, 7) is -4.78. The molecule has 0 unspecified atom stereocenters. The van der Waals surface area contributed by atoms with Crippen molar-refractivity contribution >= 4 is 6.29 Å². The molecule has 6 aliphatic heterocycles. The van der Waals surface area contributed by atoms with E-state index in [0.29, 0.717) is 17.7 Å². The van der Waals surface area contributed by atoms with Crippen molar-refractivity contribution in [3.05, 3.63) is 47.5 Å². The summed E-state index contributed by atoms with van der Waals surface area (Å²) < 4.78 is 81.0. The Morgan fingerprint density at radius 3 is 0.904 bits per heavy atom. The lowest BCUT2D eigenvalue weighted by Crippen LogP contribution is -2.62. The summed E-state index contributed by atoms with van der Waals surface area (Å²) in [6, 6.07) is 4.37. The van der Waals surface area contributed by atoms with E-state index in [4.69, 9.17) is 66.3 Å². The van der Waals surface area contributed by atoms with Crippen molar-refractivity contribution in [2.75, 3.05) is 52.9 Å². The average Bonchev–Trinajstić information content (AvgIpc) is 0.942. The van der Waals surface area contributed by atoms with Crippen LogP contribution in [-0.4, -0.2) is 375 Å². The molecule has 6 saturated heterocycles. The largest absolute Gasteiger partial charge is 0.487 e. The van der Waals surface area contributed by atoms with Gasteiger partial charge in [0, 0.05) is 11.6 Å². The van der Waals surface area contributed by atoms with E-state index in [2.05, 4.69) is 20.6 Å². The fourth-order valence-corrected chi connectivity index (χ4v) is 10.6. The number of carbonyl (C=O) groups excluding carboxylic acids is 1. The molecule has 3 aromatic rings. The molecule has 8 heterocycles. The highest BCUT2D eigenvalue weighted by Gasteiger charge is 2.52. The molecule has 0 amide bonds. The third kappa shape index (κ3) is 17.5. The Morgan fingerprint density at radius 1 is 0.362 bits per heavy atom. The van der Waals surface area contributed by atoms with Gasteiger partial charge in [-0.15, -0.1) is 10.2 Å². The summed E-state index contributed by atoms with van der Waals surface area (Å²) >= 11 is 0. The monoisotopic (exact) mass is 1360 g/mol. The highest BCUT2D eigenvalue weighted by atomic mass is 16.8. The first-order chi connectivity index (χ1) is 44.9. The molecule has 6 fully saturated rings. The highest BCUT2D eigenvalue weighted by Crippen LogP contribution is 2.32. The molecule has 1 aromatic carbocycles. The summed E-state index contributed by atoms with van der Waals surface area (Å²) in [4.78, 5) is 11.9. The molecule has 41 nitrogen and oxygen atoms in total. The first-order valence-electron chi connectivity index (χ1n) is 29.6. The van der Waals surface area contributed by atoms with Gasteiger partial charge in [0.25, 0.3) is 0 Å². The molecule has 0 spiro atoms. The number of hydrogen-bond donors (Lipinski definition) is 20. The van der Waals surface area contributed by atoms with Gasteiger partial charge in [0.2, 0.25) is 0 Å². The van der Waals surface area contributed by atoms with Crippen molar-refractivity contribution in [3.8, 4) is 11.5 Å². The maximum Gasteiger partial charge on any atom is 0.186 e. The van der Waals surface area contributed by atoms with Crippen LogP contribution in [0.25, 0.3) is 0 Å². The number of benzene rings is 1. The molecular formula is C53H80N6O35. The molecule has 9 rings (SSSR count). The van der Waals surface area contributed by atoms with Crippen LogP contribution >= 0.6 is 0 Å². The van der Waals surface area contributed by atoms with E-state index in [-0.39, 0.29) is 56.6 Å². The quantitative estimate of drug-likeness (QED) is 0.0287. The first kappa shape index (κ1) is 73.7. The maximum atomic E-state index is 11.9. The average molecular weight is 1360 g/mol. The molecule has 30 atom stereocenters. The molecule has 6 aliphatic rings. The normalized spacial score (nSPS) is 41.3. The summed E-state index contributed by atoms with van der Waals surface area (Å²) in [5.41, 5.74) is 0.815. The first-order valence-corrected chi connectivity index (χ1v) is 29.6. The third-order valence-corrected chi connectivity index (χ3v) is 16.3. The van der Waals surface area contributed by atoms with Crippen molar-refractivity contribution in [2.45, 2.75) is 211 Å². The second-order valence-corrected chi connectivity index (χ2v) is 22.9. The molecular weight excluding hydrogens is 1280 g/mol. The van der Waals surface area contributed by atoms with Crippen molar-refractivity contribution in [1.82, 2.24) is 30.0 Å². The number of rotatable bonds is 29. The van der Waals surface area contributed by atoms with Crippen LogP contribution in [0.3, 0.4) is 0 Å². The summed E-state index contributed by atoms with van der Waals surface area (Å²) in [7, 11) is 0. The van der Waals surface area contributed by atoms with Crippen molar-refractivity contribution in [2.24, 2.45) is 0 Å². The Bertz CT molecular complexity index is 2620. The van der Waals surface area contributed by atoms with Crippen molar-refractivity contribution in [1.29, 1.82) is 0 Å². The lowest BCUT2D eigenvalue weighted by molar-refractivity contribution is -0.342. The number of aldehydes is 1. The molecule has 0 saturated carbocycles. The van der Waals surface area contributed by atoms with Crippen LogP contribution in [0.4, 0.5) is 0 Å². The van der Waals surface area contributed by atoms with Crippen molar-refractivity contribution in [3.63, 3.8) is 0 Å². The second-order valence-electron chi connectivity index (χ2n) is 22.9. The SMILES string of the molecule is O=Cc1cc(OCc2cn(CCO[C@H]3O[C@H](CO[C@@H]4O[C@H](CO[C@@H]5O[C@H](CO)[C@@H](O)[C@H](O)[C@H]5O)[C@@H](O)[C@H](O)[C@H]4O)[C@@H](O)[C@H](O)[C@H]3O)nn2)cc(OCc2cn(CCO[C@H]3O[C@H](CO[C@@H]4O[C@H](CO[C@@H]5O[C@H](CO)[C@@H](O)[C@H](O)[C@H]5O)[C@@H](O)[C@H](O)[C@H]4O)[C@@H](O)[C@H](O)[C@H]3O)nn2)c1. The summed E-state index contributed by atoms with van der Waals surface area (Å²) in [5.74, 6) is 0.396. The smallest absolute Gasteiger partial charge is 0.186 e. The van der Waals surface area contributed by atoms with Gasteiger partial charge in [-0.05, 0) is 12.1 Å². The zero-order valence-corrected chi connectivity index (χ0v) is 49.5. The maximum absolute atomic E-state index is 11.9. The van der Waals surface area contributed by atoms with E-state index in [1.807, 2.05) is 0 Å². The van der Waals surface area contributed by atoms with E-state index in [1.165, 1.54) is 40.0 Å². The Labute approximate surface area is 530 Å². The fourth-order valence-electron chi connectivity index (χ4n) is 10.6. The number of aromatic nitrogens is 6. The van der Waals surface area contributed by atoms with Crippen LogP contribution in [0.15, 0.2) is 30.6 Å². The van der Waals surface area contributed by atoms with E-state index in [1.54, 1.807) is 0 Å². The topological polar surface area (TPSA) is 612 Å². The highest BCUT2D eigenvalue weighted by molar-refractivity contribution is 5.76. The minimum absolute atomic E-state index is 0.00486. The summed E-state index contributed by atoms with van der Waals surface area (Å²) in [5, 5.41) is 224. The molecule has 94 heavy (non-hydrogen) atoms. The van der Waals surface area contributed by atoms with Crippen LogP contribution in [0.5, 0.6) is 11.5 Å². The van der Waals surface area contributed by atoms with Gasteiger partial charge in [-0.2, -0.15) is 0 Å². The number of nitrogens with zero attached hydrogens (tertiary/aromatic N) is 6. The van der Waals surface area contributed by atoms with Gasteiger partial charge >= 0.3 is 0 Å². The van der Waals surface area contributed by atoms with Gasteiger partial charge in [0.05, 0.1) is 78.3 Å². The van der Waals surface area contributed by atoms with E-state index >= 15 is 0 Å². The van der Waals surface area contributed by atoms with Crippen LogP contribution in [0.1, 0.15) is 21.7 Å². The zero-order chi connectivity index (χ0) is 67.8. The van der Waals surface area contributed by atoms with Gasteiger partial charge in [0.15, 0.2) is 37.7 Å². The van der Waals surface area contributed by atoms with Crippen LogP contribution < -0.4 is 9.47 Å². The fraction of sp³-hybridized carbons (Fsp3) is 0.792. The zero-order valence-electron chi connectivity index (χ0n) is 49.5. The van der Waals surface area contributed by atoms with E-state index in [0.717, 1.165) is 0 Å². The molecule has 2 aromatic heterocycles. The predicted octanol–water partition coefficient (Wildman–Crippen LogP) is -13.2. The molecule has 532 valence electrons. The van der Waals surface area contributed by atoms with Crippen molar-refractivity contribution < 1.29 is 173 Å². The van der Waals surface area contributed by atoms with E-state index < -0.39 is 224 Å². The molecule has 0 radical (unpaired) electrons. The Kier molecular flexibility index (Phi) is 26.2. The lowest BCUT2D eigenvalue weighted by Gasteiger charge is -2.43. The van der Waals surface area contributed by atoms with Gasteiger partial charge in [-0.1, -0.05) is 10.4 Å². The van der Waals surface area contributed by atoms with Gasteiger partial charge in [-0.25, -0.2) is 9.36 Å². The van der Waals surface area contributed by atoms with E-state index in [9.17, 15) is 107 Å². The Morgan fingerprint density at radius 2 is 0.628 bits per heavy atom. The number of ether oxygens (including phenoxy) is 14. The number of aliphatic hydroxyl groups is 20. The number of hydrogen-bond acceptors (Lipinski definition) is 39. The Hall–Kier alpha value is -4.51. The number of carbonyl (C=O) groups is 1. The molecule has 0 aliphatic carbocycles. The number of aliphatic hydroxyl groups excluding tert-OH is 20. The van der Waals surface area contributed by atoms with Gasteiger partial charge in [-0.3, -0.25) is 4.79 Å². The second kappa shape index (κ2) is 33.4.